The molecule has 0 spiro atoms. The summed E-state index contributed by atoms with van der Waals surface area (Å²) in [4.78, 5) is 15.6. The summed E-state index contributed by atoms with van der Waals surface area (Å²) in [5.74, 6) is 1.31. The fourth-order valence-electron chi connectivity index (χ4n) is 3.25. The van der Waals surface area contributed by atoms with E-state index in [0.29, 0.717) is 6.61 Å². The van der Waals surface area contributed by atoms with Crippen molar-refractivity contribution in [2.24, 2.45) is 0 Å². The van der Waals surface area contributed by atoms with Crippen molar-refractivity contribution in [3.63, 3.8) is 0 Å². The highest BCUT2D eigenvalue weighted by molar-refractivity contribution is 7.23. The van der Waals surface area contributed by atoms with Crippen molar-refractivity contribution < 1.29 is 19.0 Å². The third-order valence-electron chi connectivity index (χ3n) is 4.76. The lowest BCUT2D eigenvalue weighted by atomic mass is 10.1. The standard InChI is InChI=1S/C24H28O4S2/c1-7-27-21(25)12-17-11-20(30-24(17)23-16(5)15(4)13-29-23)22-18(26-6)9-8-10-19(22)28-14(2)3/h8-11,13-14H,7,12H2,1-6H3. The first-order chi connectivity index (χ1) is 14.3. The number of ether oxygens (including phenoxy) is 3. The Morgan fingerprint density at radius 2 is 1.87 bits per heavy atom. The van der Waals surface area contributed by atoms with E-state index in [2.05, 4.69) is 25.3 Å². The number of thiophene rings is 2. The summed E-state index contributed by atoms with van der Waals surface area (Å²) in [6, 6.07) is 7.91. The second-order valence-corrected chi connectivity index (χ2v) is 9.25. The number of esters is 1. The Hall–Kier alpha value is -2.31. The van der Waals surface area contributed by atoms with E-state index in [1.165, 1.54) is 16.0 Å². The minimum atomic E-state index is -0.215. The molecule has 6 heteroatoms. The summed E-state index contributed by atoms with van der Waals surface area (Å²) in [6.45, 7) is 10.5. The number of hydrogen-bond acceptors (Lipinski definition) is 6. The average Bonchev–Trinajstić information content (AvgIpc) is 3.24. The van der Waals surface area contributed by atoms with Gasteiger partial charge in [0.2, 0.25) is 0 Å². The van der Waals surface area contributed by atoms with Crippen LogP contribution in [0.15, 0.2) is 29.6 Å². The maximum atomic E-state index is 12.3. The fourth-order valence-corrected chi connectivity index (χ4v) is 5.80. The molecule has 4 nitrogen and oxygen atoms in total. The van der Waals surface area contributed by atoms with E-state index in [4.69, 9.17) is 14.2 Å². The van der Waals surface area contributed by atoms with E-state index >= 15 is 0 Å². The molecule has 0 aliphatic heterocycles. The summed E-state index contributed by atoms with van der Waals surface area (Å²) < 4.78 is 17.0. The maximum Gasteiger partial charge on any atom is 0.310 e. The van der Waals surface area contributed by atoms with Crippen LogP contribution in [0.2, 0.25) is 0 Å². The summed E-state index contributed by atoms with van der Waals surface area (Å²) >= 11 is 3.38. The van der Waals surface area contributed by atoms with Gasteiger partial charge in [0.25, 0.3) is 0 Å². The van der Waals surface area contributed by atoms with E-state index in [1.807, 2.05) is 39.0 Å². The van der Waals surface area contributed by atoms with Crippen molar-refractivity contribution in [1.82, 2.24) is 0 Å². The minimum absolute atomic E-state index is 0.0384. The molecule has 3 aromatic rings. The van der Waals surface area contributed by atoms with Gasteiger partial charge in [-0.15, -0.1) is 22.7 Å². The molecule has 0 saturated carbocycles. The van der Waals surface area contributed by atoms with Crippen LogP contribution in [0.4, 0.5) is 0 Å². The molecule has 30 heavy (non-hydrogen) atoms. The number of benzene rings is 1. The maximum absolute atomic E-state index is 12.3. The third kappa shape index (κ3) is 4.71. The Balaban J connectivity index is 2.18. The molecule has 0 saturated heterocycles. The van der Waals surface area contributed by atoms with Gasteiger partial charge in [0.15, 0.2) is 0 Å². The smallest absolute Gasteiger partial charge is 0.310 e. The predicted molar refractivity (Wildman–Crippen MR) is 125 cm³/mol. The lowest BCUT2D eigenvalue weighted by Gasteiger charge is -2.16. The predicted octanol–water partition coefficient (Wildman–Crippen LogP) is 6.66. The van der Waals surface area contributed by atoms with Crippen LogP contribution in [0, 0.1) is 13.8 Å². The van der Waals surface area contributed by atoms with E-state index in [0.717, 1.165) is 32.4 Å². The third-order valence-corrected chi connectivity index (χ3v) is 7.32. The lowest BCUT2D eigenvalue weighted by Crippen LogP contribution is -2.07. The van der Waals surface area contributed by atoms with Crippen LogP contribution < -0.4 is 9.47 Å². The van der Waals surface area contributed by atoms with Crippen molar-refractivity contribution in [1.29, 1.82) is 0 Å². The number of carbonyl (C=O) groups excluding carboxylic acids is 1. The van der Waals surface area contributed by atoms with Crippen LogP contribution in [0.3, 0.4) is 0 Å². The number of carbonyl (C=O) groups is 1. The van der Waals surface area contributed by atoms with Gasteiger partial charge in [0.1, 0.15) is 11.5 Å². The number of aryl methyl sites for hydroxylation is 1. The molecule has 0 atom stereocenters. The van der Waals surface area contributed by atoms with Gasteiger partial charge in [-0.1, -0.05) is 6.07 Å². The zero-order valence-corrected chi connectivity index (χ0v) is 20.0. The van der Waals surface area contributed by atoms with Crippen molar-refractivity contribution in [2.45, 2.75) is 47.1 Å². The van der Waals surface area contributed by atoms with Crippen molar-refractivity contribution in [3.8, 4) is 31.7 Å². The first kappa shape index (κ1) is 22.4. The van der Waals surface area contributed by atoms with E-state index in [-0.39, 0.29) is 18.5 Å². The quantitative estimate of drug-likeness (QED) is 0.364. The molecule has 2 aromatic heterocycles. The molecule has 3 rings (SSSR count). The van der Waals surface area contributed by atoms with Crippen molar-refractivity contribution >= 4 is 28.6 Å². The number of methoxy groups -OCH3 is 1. The van der Waals surface area contributed by atoms with Crippen LogP contribution in [0.5, 0.6) is 11.5 Å². The topological polar surface area (TPSA) is 44.8 Å². The zero-order valence-electron chi connectivity index (χ0n) is 18.3. The van der Waals surface area contributed by atoms with Crippen LogP contribution >= 0.6 is 22.7 Å². The molecule has 1 aromatic carbocycles. The molecule has 0 aliphatic rings. The minimum Gasteiger partial charge on any atom is -0.496 e. The second kappa shape index (κ2) is 9.67. The molecule has 160 valence electrons. The number of rotatable bonds is 8. The molecule has 0 radical (unpaired) electrons. The molecule has 0 fully saturated rings. The first-order valence-electron chi connectivity index (χ1n) is 10.0. The average molecular weight is 445 g/mol. The molecule has 0 unspecified atom stereocenters. The fraction of sp³-hybridized carbons (Fsp3) is 0.375. The van der Waals surface area contributed by atoms with Crippen molar-refractivity contribution in [3.05, 3.63) is 46.3 Å². The lowest BCUT2D eigenvalue weighted by molar-refractivity contribution is -0.142. The van der Waals surface area contributed by atoms with Gasteiger partial charge in [-0.25, -0.2) is 0 Å². The van der Waals surface area contributed by atoms with Gasteiger partial charge >= 0.3 is 5.97 Å². The highest BCUT2D eigenvalue weighted by atomic mass is 32.1. The molecule has 0 bridgehead atoms. The van der Waals surface area contributed by atoms with E-state index < -0.39 is 0 Å². The summed E-state index contributed by atoms with van der Waals surface area (Å²) in [5.41, 5.74) is 4.39. The summed E-state index contributed by atoms with van der Waals surface area (Å²) in [5, 5.41) is 2.16. The molecule has 0 amide bonds. The van der Waals surface area contributed by atoms with Crippen LogP contribution in [0.1, 0.15) is 37.5 Å². The number of hydrogen-bond donors (Lipinski definition) is 0. The van der Waals surface area contributed by atoms with Gasteiger partial charge in [0.05, 0.1) is 31.8 Å². The van der Waals surface area contributed by atoms with Crippen LogP contribution in [-0.2, 0) is 16.0 Å². The van der Waals surface area contributed by atoms with Crippen molar-refractivity contribution in [2.75, 3.05) is 13.7 Å². The Morgan fingerprint density at radius 1 is 1.13 bits per heavy atom. The Morgan fingerprint density at radius 3 is 2.47 bits per heavy atom. The SMILES string of the molecule is CCOC(=O)Cc1cc(-c2c(OC)cccc2OC(C)C)sc1-c1scc(C)c1C. The normalized spacial score (nSPS) is 11.0. The molecule has 0 aliphatic carbocycles. The highest BCUT2D eigenvalue weighted by Crippen LogP contribution is 2.48. The Bertz CT molecular complexity index is 1030. The monoisotopic (exact) mass is 444 g/mol. The van der Waals surface area contributed by atoms with Crippen LogP contribution in [0.25, 0.3) is 20.2 Å². The molecule has 0 N–H and O–H groups in total. The molecule has 2 heterocycles. The van der Waals surface area contributed by atoms with E-state index in [1.54, 1.807) is 29.8 Å². The molecular formula is C24H28O4S2. The Labute approximate surface area is 186 Å². The molecular weight excluding hydrogens is 416 g/mol. The summed E-state index contributed by atoms with van der Waals surface area (Å²) in [7, 11) is 1.67. The van der Waals surface area contributed by atoms with Gasteiger partial charge in [-0.2, -0.15) is 0 Å². The highest BCUT2D eigenvalue weighted by Gasteiger charge is 2.22. The van der Waals surface area contributed by atoms with Gasteiger partial charge in [0, 0.05) is 14.6 Å². The second-order valence-electron chi connectivity index (χ2n) is 7.32. The van der Waals surface area contributed by atoms with Gasteiger partial charge in [-0.3, -0.25) is 4.79 Å². The first-order valence-corrected chi connectivity index (χ1v) is 11.7. The summed E-state index contributed by atoms with van der Waals surface area (Å²) in [6.07, 6.45) is 0.280. The zero-order chi connectivity index (χ0) is 21.8. The largest absolute Gasteiger partial charge is 0.496 e. The van der Waals surface area contributed by atoms with Gasteiger partial charge in [-0.05, 0) is 74.9 Å². The van der Waals surface area contributed by atoms with E-state index in [9.17, 15) is 4.79 Å². The van der Waals surface area contributed by atoms with Crippen LogP contribution in [-0.4, -0.2) is 25.8 Å². The van der Waals surface area contributed by atoms with Gasteiger partial charge < -0.3 is 14.2 Å². The Kier molecular flexibility index (Phi) is 7.21.